The van der Waals surface area contributed by atoms with E-state index in [4.69, 9.17) is 4.74 Å². The predicted octanol–water partition coefficient (Wildman–Crippen LogP) is 4.50. The van der Waals surface area contributed by atoms with Crippen molar-refractivity contribution in [3.63, 3.8) is 0 Å². The van der Waals surface area contributed by atoms with Crippen molar-refractivity contribution in [2.75, 3.05) is 0 Å². The summed E-state index contributed by atoms with van der Waals surface area (Å²) in [5.41, 5.74) is 1.20. The zero-order valence-electron chi connectivity index (χ0n) is 16.4. The van der Waals surface area contributed by atoms with Crippen LogP contribution in [0.25, 0.3) is 0 Å². The maximum atomic E-state index is 13.1. The van der Waals surface area contributed by atoms with Gasteiger partial charge in [0.2, 0.25) is 0 Å². The number of hydrogen-bond acceptors (Lipinski definition) is 4. The lowest BCUT2D eigenvalue weighted by Crippen LogP contribution is -2.50. The molecule has 0 unspecified atom stereocenters. The van der Waals surface area contributed by atoms with Crippen LogP contribution in [0.2, 0.25) is 0 Å². The van der Waals surface area contributed by atoms with E-state index in [1.54, 1.807) is 24.8 Å². The second kappa shape index (κ2) is 8.20. The average molecular weight is 370 g/mol. The fourth-order valence-corrected chi connectivity index (χ4v) is 2.74. The molecular weight excluding hydrogens is 344 g/mol. The van der Waals surface area contributed by atoms with Crippen molar-refractivity contribution in [2.45, 2.75) is 52.8 Å². The molecule has 0 fully saturated rings. The van der Waals surface area contributed by atoms with Crippen LogP contribution >= 0.6 is 0 Å². The van der Waals surface area contributed by atoms with Crippen molar-refractivity contribution < 1.29 is 14.5 Å². The van der Waals surface area contributed by atoms with Crippen LogP contribution in [0.15, 0.2) is 48.5 Å². The summed E-state index contributed by atoms with van der Waals surface area (Å²) in [4.78, 5) is 25.6. The van der Waals surface area contributed by atoms with Gasteiger partial charge in [-0.05, 0) is 51.8 Å². The van der Waals surface area contributed by atoms with Crippen LogP contribution in [0.4, 0.5) is 5.69 Å². The molecule has 0 N–H and O–H groups in total. The smallest absolute Gasteiger partial charge is 0.311 e. The fraction of sp³-hybridized carbons (Fsp3) is 0.381. The van der Waals surface area contributed by atoms with Gasteiger partial charge >= 0.3 is 5.69 Å². The summed E-state index contributed by atoms with van der Waals surface area (Å²) in [5.74, 6) is -0.124. The zero-order chi connectivity index (χ0) is 20.2. The van der Waals surface area contributed by atoms with Crippen LogP contribution in [0.5, 0.6) is 5.75 Å². The van der Waals surface area contributed by atoms with Gasteiger partial charge in [0.15, 0.2) is 11.9 Å². The molecule has 0 aromatic heterocycles. The van der Waals surface area contributed by atoms with E-state index in [9.17, 15) is 14.9 Å². The summed E-state index contributed by atoms with van der Waals surface area (Å²) in [6, 6.07) is 14.4. The molecule has 27 heavy (non-hydrogen) atoms. The molecule has 0 aliphatic heterocycles. The highest BCUT2D eigenvalue weighted by atomic mass is 16.6. The lowest BCUT2D eigenvalue weighted by molar-refractivity contribution is -0.386. The zero-order valence-corrected chi connectivity index (χ0v) is 16.4. The third-order valence-corrected chi connectivity index (χ3v) is 4.22. The van der Waals surface area contributed by atoms with E-state index in [0.717, 1.165) is 11.1 Å². The highest BCUT2D eigenvalue weighted by Gasteiger charge is 2.32. The van der Waals surface area contributed by atoms with Crippen molar-refractivity contribution in [1.29, 1.82) is 0 Å². The third-order valence-electron chi connectivity index (χ3n) is 4.22. The molecule has 0 heterocycles. The topological polar surface area (TPSA) is 72.7 Å². The standard InChI is InChI=1S/C21H26N2O4/c1-15-11-12-19(18(13-15)23(25)26)27-16(2)20(24)22(21(3,4)5)14-17-9-7-6-8-10-17/h6-13,16H,14H2,1-5H3/t16-/m0/s1. The van der Waals surface area contributed by atoms with Crippen molar-refractivity contribution in [3.05, 3.63) is 69.8 Å². The molecule has 0 saturated heterocycles. The Kier molecular flexibility index (Phi) is 6.20. The molecule has 1 amide bonds. The maximum absolute atomic E-state index is 13.1. The summed E-state index contributed by atoms with van der Waals surface area (Å²) in [6.45, 7) is 9.69. The highest BCUT2D eigenvalue weighted by Crippen LogP contribution is 2.29. The molecule has 144 valence electrons. The van der Waals surface area contributed by atoms with E-state index in [-0.39, 0.29) is 17.3 Å². The van der Waals surface area contributed by atoms with Crippen molar-refractivity contribution in [1.82, 2.24) is 4.90 Å². The molecule has 6 nitrogen and oxygen atoms in total. The predicted molar refractivity (Wildman–Crippen MR) is 105 cm³/mol. The Morgan fingerprint density at radius 3 is 2.37 bits per heavy atom. The first kappa shape index (κ1) is 20.4. The Balaban J connectivity index is 2.24. The van der Waals surface area contributed by atoms with E-state index in [1.807, 2.05) is 51.1 Å². The number of nitro benzene ring substituents is 1. The van der Waals surface area contributed by atoms with Gasteiger partial charge in [-0.15, -0.1) is 0 Å². The number of rotatable bonds is 6. The van der Waals surface area contributed by atoms with Crippen molar-refractivity contribution >= 4 is 11.6 Å². The minimum Gasteiger partial charge on any atom is -0.474 e. The molecule has 0 spiro atoms. The summed E-state index contributed by atoms with van der Waals surface area (Å²) in [5, 5.41) is 11.3. The van der Waals surface area contributed by atoms with Crippen LogP contribution in [0, 0.1) is 17.0 Å². The summed E-state index contributed by atoms with van der Waals surface area (Å²) in [7, 11) is 0. The van der Waals surface area contributed by atoms with Gasteiger partial charge in [0.05, 0.1) is 4.92 Å². The number of nitrogens with zero attached hydrogens (tertiary/aromatic N) is 2. The minimum atomic E-state index is -0.852. The molecule has 2 aromatic rings. The Morgan fingerprint density at radius 1 is 1.19 bits per heavy atom. The van der Waals surface area contributed by atoms with E-state index in [2.05, 4.69) is 0 Å². The Morgan fingerprint density at radius 2 is 1.81 bits per heavy atom. The van der Waals surface area contributed by atoms with E-state index in [0.29, 0.717) is 6.54 Å². The van der Waals surface area contributed by atoms with E-state index < -0.39 is 16.6 Å². The summed E-state index contributed by atoms with van der Waals surface area (Å²) in [6.07, 6.45) is -0.852. The maximum Gasteiger partial charge on any atom is 0.311 e. The summed E-state index contributed by atoms with van der Waals surface area (Å²) < 4.78 is 5.70. The number of hydrogen-bond donors (Lipinski definition) is 0. The summed E-state index contributed by atoms with van der Waals surface area (Å²) >= 11 is 0. The van der Waals surface area contributed by atoms with Crippen molar-refractivity contribution in [2.24, 2.45) is 0 Å². The van der Waals surface area contributed by atoms with Gasteiger partial charge in [-0.1, -0.05) is 36.4 Å². The van der Waals surface area contributed by atoms with Gasteiger partial charge < -0.3 is 9.64 Å². The minimum absolute atomic E-state index is 0.0972. The molecule has 0 radical (unpaired) electrons. The number of ether oxygens (including phenoxy) is 1. The quantitative estimate of drug-likeness (QED) is 0.554. The molecule has 1 atom stereocenters. The lowest BCUT2D eigenvalue weighted by Gasteiger charge is -2.37. The second-order valence-electron chi connectivity index (χ2n) is 7.57. The lowest BCUT2D eigenvalue weighted by atomic mass is 10.0. The second-order valence-corrected chi connectivity index (χ2v) is 7.57. The molecule has 2 rings (SSSR count). The number of carbonyl (C=O) groups is 1. The van der Waals surface area contributed by atoms with Gasteiger partial charge in [-0.3, -0.25) is 14.9 Å². The number of carbonyl (C=O) groups excluding carboxylic acids is 1. The first-order valence-corrected chi connectivity index (χ1v) is 8.86. The normalized spacial score (nSPS) is 12.3. The van der Waals surface area contributed by atoms with Crippen LogP contribution in [0.1, 0.15) is 38.8 Å². The Hall–Kier alpha value is -2.89. The van der Waals surface area contributed by atoms with Crippen LogP contribution in [0.3, 0.4) is 0 Å². The number of aryl methyl sites for hydroxylation is 1. The Bertz CT molecular complexity index is 813. The molecule has 0 aliphatic carbocycles. The monoisotopic (exact) mass is 370 g/mol. The third kappa shape index (κ3) is 5.29. The molecule has 6 heteroatoms. The number of amides is 1. The molecule has 0 saturated carbocycles. The van der Waals surface area contributed by atoms with E-state index in [1.165, 1.54) is 12.1 Å². The fourth-order valence-electron chi connectivity index (χ4n) is 2.74. The SMILES string of the molecule is Cc1ccc(O[C@@H](C)C(=O)N(Cc2ccccc2)C(C)(C)C)c([N+](=O)[O-])c1. The van der Waals surface area contributed by atoms with Gasteiger partial charge in [0, 0.05) is 18.2 Å². The van der Waals surface area contributed by atoms with Crippen LogP contribution in [-0.2, 0) is 11.3 Å². The Labute approximate surface area is 159 Å². The molecule has 2 aromatic carbocycles. The molecule has 0 bridgehead atoms. The number of nitro groups is 1. The van der Waals surface area contributed by atoms with E-state index >= 15 is 0 Å². The molecule has 0 aliphatic rings. The van der Waals surface area contributed by atoms with Gasteiger partial charge in [-0.25, -0.2) is 0 Å². The van der Waals surface area contributed by atoms with Gasteiger partial charge in [0.25, 0.3) is 5.91 Å². The first-order valence-electron chi connectivity index (χ1n) is 8.86. The molecular formula is C21H26N2O4. The van der Waals surface area contributed by atoms with Crippen LogP contribution < -0.4 is 4.74 Å². The van der Waals surface area contributed by atoms with Crippen molar-refractivity contribution in [3.8, 4) is 5.75 Å². The van der Waals surface area contributed by atoms with Crippen LogP contribution in [-0.4, -0.2) is 27.4 Å². The largest absolute Gasteiger partial charge is 0.474 e. The highest BCUT2D eigenvalue weighted by molar-refractivity contribution is 5.81. The average Bonchev–Trinajstić information content (AvgIpc) is 2.60. The van der Waals surface area contributed by atoms with Gasteiger partial charge in [0.1, 0.15) is 0 Å². The number of benzene rings is 2. The van der Waals surface area contributed by atoms with Gasteiger partial charge in [-0.2, -0.15) is 0 Å². The first-order chi connectivity index (χ1) is 12.6.